The van der Waals surface area contributed by atoms with Crippen LogP contribution in [0.2, 0.25) is 0 Å². The van der Waals surface area contributed by atoms with Crippen LogP contribution in [0.1, 0.15) is 36.8 Å². The maximum atomic E-state index is 10.3. The number of carboxylic acid groups (broad SMARTS) is 1. The summed E-state index contributed by atoms with van der Waals surface area (Å²) in [7, 11) is 0. The minimum absolute atomic E-state index is 0.247. The average molecular weight is 315 g/mol. The summed E-state index contributed by atoms with van der Waals surface area (Å²) in [5.74, 6) is 0.154. The lowest BCUT2D eigenvalue weighted by atomic mass is 10.1. The molecule has 0 spiro atoms. The number of aryl methyl sites for hydroxylation is 2. The largest absolute Gasteiger partial charge is 0.494 e. The molecule has 0 aliphatic rings. The zero-order valence-corrected chi connectivity index (χ0v) is 12.4. The predicted octanol–water partition coefficient (Wildman–Crippen LogP) is 4.09. The van der Waals surface area contributed by atoms with Crippen molar-refractivity contribution in [2.24, 2.45) is 0 Å². The SMILES string of the molecule is Cc1cc(OCCCCCC(=O)O)cc(C)c1Br. The highest BCUT2D eigenvalue weighted by Crippen LogP contribution is 2.26. The first-order chi connectivity index (χ1) is 8.50. The number of carbonyl (C=O) groups is 1. The number of halogens is 1. The normalized spacial score (nSPS) is 10.4. The number of unbranched alkanes of at least 4 members (excludes halogenated alkanes) is 2. The van der Waals surface area contributed by atoms with Gasteiger partial charge in [-0.3, -0.25) is 4.79 Å². The van der Waals surface area contributed by atoms with Gasteiger partial charge in [0, 0.05) is 10.9 Å². The summed E-state index contributed by atoms with van der Waals surface area (Å²) in [5.41, 5.74) is 2.33. The lowest BCUT2D eigenvalue weighted by Crippen LogP contribution is -2.00. The number of rotatable bonds is 7. The highest BCUT2D eigenvalue weighted by atomic mass is 79.9. The van der Waals surface area contributed by atoms with E-state index in [1.165, 1.54) is 0 Å². The number of ether oxygens (including phenoxy) is 1. The summed E-state index contributed by atoms with van der Waals surface area (Å²) in [5, 5.41) is 8.50. The summed E-state index contributed by atoms with van der Waals surface area (Å²) in [6.07, 6.45) is 2.75. The van der Waals surface area contributed by atoms with Crippen molar-refractivity contribution >= 4 is 21.9 Å². The Kier molecular flexibility index (Phi) is 6.19. The maximum Gasteiger partial charge on any atom is 0.303 e. The maximum absolute atomic E-state index is 10.3. The van der Waals surface area contributed by atoms with Crippen molar-refractivity contribution in [2.75, 3.05) is 6.61 Å². The van der Waals surface area contributed by atoms with Crippen LogP contribution in [0.3, 0.4) is 0 Å². The van der Waals surface area contributed by atoms with E-state index in [-0.39, 0.29) is 6.42 Å². The predicted molar refractivity (Wildman–Crippen MR) is 75.2 cm³/mol. The van der Waals surface area contributed by atoms with Crippen LogP contribution in [0.15, 0.2) is 16.6 Å². The summed E-state index contributed by atoms with van der Waals surface area (Å²) >= 11 is 3.52. The van der Waals surface area contributed by atoms with Crippen LogP contribution in [0.25, 0.3) is 0 Å². The topological polar surface area (TPSA) is 46.5 Å². The van der Waals surface area contributed by atoms with E-state index in [9.17, 15) is 4.79 Å². The molecular weight excluding hydrogens is 296 g/mol. The van der Waals surface area contributed by atoms with Crippen LogP contribution in [-0.2, 0) is 4.79 Å². The fourth-order valence-corrected chi connectivity index (χ4v) is 1.96. The van der Waals surface area contributed by atoms with Gasteiger partial charge >= 0.3 is 5.97 Å². The fourth-order valence-electron chi connectivity index (χ4n) is 1.73. The molecule has 0 aliphatic carbocycles. The zero-order chi connectivity index (χ0) is 13.5. The van der Waals surface area contributed by atoms with Crippen LogP contribution in [-0.4, -0.2) is 17.7 Å². The molecule has 0 radical (unpaired) electrons. The van der Waals surface area contributed by atoms with E-state index in [2.05, 4.69) is 15.9 Å². The highest BCUT2D eigenvalue weighted by Gasteiger charge is 2.03. The number of hydrogen-bond acceptors (Lipinski definition) is 2. The third kappa shape index (κ3) is 5.08. The van der Waals surface area contributed by atoms with E-state index in [1.54, 1.807) is 0 Å². The second-order valence-electron chi connectivity index (χ2n) is 4.42. The quantitative estimate of drug-likeness (QED) is 0.771. The van der Waals surface area contributed by atoms with E-state index in [0.717, 1.165) is 40.6 Å². The minimum Gasteiger partial charge on any atom is -0.494 e. The van der Waals surface area contributed by atoms with Gasteiger partial charge in [-0.05, 0) is 56.4 Å². The molecule has 0 saturated carbocycles. The molecule has 0 amide bonds. The molecule has 1 aromatic rings. The van der Waals surface area contributed by atoms with Crippen LogP contribution in [0.4, 0.5) is 0 Å². The smallest absolute Gasteiger partial charge is 0.303 e. The van der Waals surface area contributed by atoms with Crippen molar-refractivity contribution < 1.29 is 14.6 Å². The molecule has 4 heteroatoms. The standard InChI is InChI=1S/C14H19BrO3/c1-10-8-12(9-11(2)14(10)15)18-7-5-3-4-6-13(16)17/h8-9H,3-7H2,1-2H3,(H,16,17). The van der Waals surface area contributed by atoms with Gasteiger partial charge in [0.1, 0.15) is 5.75 Å². The Morgan fingerprint density at radius 3 is 2.39 bits per heavy atom. The molecule has 0 heterocycles. The Bertz CT molecular complexity index is 392. The minimum atomic E-state index is -0.727. The van der Waals surface area contributed by atoms with Crippen molar-refractivity contribution in [1.82, 2.24) is 0 Å². The van der Waals surface area contributed by atoms with Gasteiger partial charge in [-0.1, -0.05) is 15.9 Å². The van der Waals surface area contributed by atoms with Gasteiger partial charge in [-0.25, -0.2) is 0 Å². The highest BCUT2D eigenvalue weighted by molar-refractivity contribution is 9.10. The van der Waals surface area contributed by atoms with Gasteiger partial charge in [0.2, 0.25) is 0 Å². The van der Waals surface area contributed by atoms with Crippen LogP contribution >= 0.6 is 15.9 Å². The van der Waals surface area contributed by atoms with Gasteiger partial charge < -0.3 is 9.84 Å². The summed E-state index contributed by atoms with van der Waals surface area (Å²) in [6.45, 7) is 4.72. The number of hydrogen-bond donors (Lipinski definition) is 1. The van der Waals surface area contributed by atoms with Gasteiger partial charge in [0.15, 0.2) is 0 Å². The van der Waals surface area contributed by atoms with E-state index >= 15 is 0 Å². The Morgan fingerprint density at radius 2 is 1.83 bits per heavy atom. The van der Waals surface area contributed by atoms with E-state index in [0.29, 0.717) is 6.61 Å². The molecule has 1 N–H and O–H groups in total. The third-order valence-electron chi connectivity index (χ3n) is 2.71. The summed E-state index contributed by atoms with van der Waals surface area (Å²) in [6, 6.07) is 4.02. The van der Waals surface area contributed by atoms with Crippen molar-refractivity contribution in [2.45, 2.75) is 39.5 Å². The molecule has 1 rings (SSSR count). The lowest BCUT2D eigenvalue weighted by Gasteiger charge is -2.10. The van der Waals surface area contributed by atoms with E-state index in [1.807, 2.05) is 26.0 Å². The van der Waals surface area contributed by atoms with Gasteiger partial charge in [0.05, 0.1) is 6.61 Å². The molecular formula is C14H19BrO3. The van der Waals surface area contributed by atoms with Crippen LogP contribution < -0.4 is 4.74 Å². The van der Waals surface area contributed by atoms with Crippen molar-refractivity contribution in [3.63, 3.8) is 0 Å². The number of carboxylic acids is 1. The molecule has 0 unspecified atom stereocenters. The molecule has 0 saturated heterocycles. The first-order valence-corrected chi connectivity index (χ1v) is 6.91. The molecule has 0 bridgehead atoms. The first-order valence-electron chi connectivity index (χ1n) is 6.12. The van der Waals surface area contributed by atoms with Crippen LogP contribution in [0, 0.1) is 13.8 Å². The molecule has 100 valence electrons. The second kappa shape index (κ2) is 7.41. The van der Waals surface area contributed by atoms with E-state index < -0.39 is 5.97 Å². The van der Waals surface area contributed by atoms with Gasteiger partial charge in [-0.15, -0.1) is 0 Å². The first kappa shape index (κ1) is 15.0. The molecule has 0 fully saturated rings. The Balaban J connectivity index is 2.29. The van der Waals surface area contributed by atoms with Crippen molar-refractivity contribution in [1.29, 1.82) is 0 Å². The molecule has 0 atom stereocenters. The van der Waals surface area contributed by atoms with Crippen molar-refractivity contribution in [3.05, 3.63) is 27.7 Å². The lowest BCUT2D eigenvalue weighted by molar-refractivity contribution is -0.137. The Hall–Kier alpha value is -1.03. The molecule has 3 nitrogen and oxygen atoms in total. The molecule has 0 aromatic heterocycles. The van der Waals surface area contributed by atoms with Gasteiger partial charge in [0.25, 0.3) is 0 Å². The molecule has 0 aliphatic heterocycles. The number of aliphatic carboxylic acids is 1. The average Bonchev–Trinajstić information content (AvgIpc) is 2.30. The molecule has 1 aromatic carbocycles. The summed E-state index contributed by atoms with van der Waals surface area (Å²) in [4.78, 5) is 10.3. The Labute approximate surface area is 116 Å². The monoisotopic (exact) mass is 314 g/mol. The number of benzene rings is 1. The zero-order valence-electron chi connectivity index (χ0n) is 10.8. The molecule has 18 heavy (non-hydrogen) atoms. The third-order valence-corrected chi connectivity index (χ3v) is 3.96. The Morgan fingerprint density at radius 1 is 1.22 bits per heavy atom. The second-order valence-corrected chi connectivity index (χ2v) is 5.22. The van der Waals surface area contributed by atoms with Crippen molar-refractivity contribution in [3.8, 4) is 5.75 Å². The van der Waals surface area contributed by atoms with E-state index in [4.69, 9.17) is 9.84 Å². The van der Waals surface area contributed by atoms with Gasteiger partial charge in [-0.2, -0.15) is 0 Å². The fraction of sp³-hybridized carbons (Fsp3) is 0.500. The van der Waals surface area contributed by atoms with Crippen LogP contribution in [0.5, 0.6) is 5.75 Å². The summed E-state index contributed by atoms with van der Waals surface area (Å²) < 4.78 is 6.78.